The molecule has 0 unspecified atom stereocenters. The zero-order valence-electron chi connectivity index (χ0n) is 13.8. The summed E-state index contributed by atoms with van der Waals surface area (Å²) >= 11 is 0. The molecule has 0 bridgehead atoms. The zero-order chi connectivity index (χ0) is 18.8. The first kappa shape index (κ1) is 16.5. The number of carbonyl (C=O) groups excluding carboxylic acids is 1. The molecule has 0 saturated heterocycles. The van der Waals surface area contributed by atoms with Gasteiger partial charge in [-0.25, -0.2) is 9.78 Å². The largest absolute Gasteiger partial charge is 0.504 e. The molecule has 7 nitrogen and oxygen atoms in total. The summed E-state index contributed by atoms with van der Waals surface area (Å²) in [6.07, 6.45) is 4.41. The second-order valence-corrected chi connectivity index (χ2v) is 5.64. The number of phenolic OH excluding ortho intramolecular Hbond substituents is 1. The van der Waals surface area contributed by atoms with E-state index in [0.717, 1.165) is 0 Å². The van der Waals surface area contributed by atoms with Gasteiger partial charge in [0.2, 0.25) is 5.43 Å². The van der Waals surface area contributed by atoms with Crippen molar-refractivity contribution in [3.8, 4) is 22.8 Å². The van der Waals surface area contributed by atoms with Crippen LogP contribution in [0.1, 0.15) is 10.4 Å². The molecule has 0 fully saturated rings. The molecule has 0 atom stereocenters. The summed E-state index contributed by atoms with van der Waals surface area (Å²) in [7, 11) is 0. The Kier molecular flexibility index (Phi) is 4.10. The second kappa shape index (κ2) is 6.72. The predicted molar refractivity (Wildman–Crippen MR) is 96.6 cm³/mol. The SMILES string of the molecule is O=C(Oc1ccc(-c2cc(=O)c3ncccc3o2)cc1O)c1cccnc1. The van der Waals surface area contributed by atoms with E-state index in [9.17, 15) is 14.7 Å². The number of ether oxygens (including phenoxy) is 1. The van der Waals surface area contributed by atoms with E-state index >= 15 is 0 Å². The molecule has 7 heteroatoms. The van der Waals surface area contributed by atoms with Crippen molar-refractivity contribution in [2.45, 2.75) is 0 Å². The number of hydrogen-bond donors (Lipinski definition) is 1. The van der Waals surface area contributed by atoms with Crippen molar-refractivity contribution in [1.82, 2.24) is 9.97 Å². The third kappa shape index (κ3) is 3.25. The van der Waals surface area contributed by atoms with E-state index in [2.05, 4.69) is 9.97 Å². The van der Waals surface area contributed by atoms with E-state index in [1.807, 2.05) is 0 Å². The topological polar surface area (TPSA) is 103 Å². The van der Waals surface area contributed by atoms with Gasteiger partial charge in [-0.15, -0.1) is 0 Å². The van der Waals surface area contributed by atoms with Crippen molar-refractivity contribution in [3.63, 3.8) is 0 Å². The Morgan fingerprint density at radius 3 is 2.70 bits per heavy atom. The molecule has 0 amide bonds. The van der Waals surface area contributed by atoms with Crippen LogP contribution in [-0.2, 0) is 0 Å². The molecule has 4 aromatic rings. The number of hydrogen-bond acceptors (Lipinski definition) is 7. The molecule has 3 aromatic heterocycles. The van der Waals surface area contributed by atoms with E-state index in [1.54, 1.807) is 30.3 Å². The van der Waals surface area contributed by atoms with Crippen LogP contribution in [0, 0.1) is 0 Å². The minimum absolute atomic E-state index is 0.0163. The van der Waals surface area contributed by atoms with E-state index < -0.39 is 5.97 Å². The summed E-state index contributed by atoms with van der Waals surface area (Å²) in [6, 6.07) is 12.1. The minimum atomic E-state index is -0.644. The fourth-order valence-electron chi connectivity index (χ4n) is 2.53. The normalized spacial score (nSPS) is 10.7. The number of aromatic hydroxyl groups is 1. The summed E-state index contributed by atoms with van der Waals surface area (Å²) in [4.78, 5) is 32.1. The lowest BCUT2D eigenvalue weighted by Gasteiger charge is -2.08. The lowest BCUT2D eigenvalue weighted by atomic mass is 10.1. The molecule has 27 heavy (non-hydrogen) atoms. The third-order valence-electron chi connectivity index (χ3n) is 3.83. The van der Waals surface area contributed by atoms with Crippen molar-refractivity contribution < 1.29 is 19.1 Å². The predicted octanol–water partition coefficient (Wildman–Crippen LogP) is 3.17. The summed E-state index contributed by atoms with van der Waals surface area (Å²) in [5.41, 5.74) is 0.989. The maximum Gasteiger partial charge on any atom is 0.345 e. The molecule has 0 aliphatic carbocycles. The fourth-order valence-corrected chi connectivity index (χ4v) is 2.53. The number of nitrogens with zero attached hydrogens (tertiary/aromatic N) is 2. The van der Waals surface area contributed by atoms with E-state index in [0.29, 0.717) is 11.1 Å². The fraction of sp³-hybridized carbons (Fsp3) is 0. The first-order valence-corrected chi connectivity index (χ1v) is 7.96. The number of benzene rings is 1. The highest BCUT2D eigenvalue weighted by atomic mass is 16.5. The Balaban J connectivity index is 1.66. The summed E-state index contributed by atoms with van der Waals surface area (Å²) in [5, 5.41) is 10.2. The van der Waals surface area contributed by atoms with Crippen molar-refractivity contribution in [2.75, 3.05) is 0 Å². The Morgan fingerprint density at radius 1 is 1.07 bits per heavy atom. The molecular weight excluding hydrogens is 348 g/mol. The van der Waals surface area contributed by atoms with Gasteiger partial charge in [-0.1, -0.05) is 0 Å². The van der Waals surface area contributed by atoms with Crippen LogP contribution in [0.25, 0.3) is 22.4 Å². The number of aromatic nitrogens is 2. The molecule has 132 valence electrons. The summed E-state index contributed by atoms with van der Waals surface area (Å²) in [6.45, 7) is 0. The van der Waals surface area contributed by atoms with Crippen LogP contribution < -0.4 is 10.2 Å². The maximum atomic E-state index is 12.2. The van der Waals surface area contributed by atoms with Crippen LogP contribution in [0.4, 0.5) is 0 Å². The third-order valence-corrected chi connectivity index (χ3v) is 3.83. The first-order chi connectivity index (χ1) is 13.1. The monoisotopic (exact) mass is 360 g/mol. The summed E-state index contributed by atoms with van der Waals surface area (Å²) in [5.74, 6) is -0.661. The van der Waals surface area contributed by atoms with Crippen LogP contribution in [0.5, 0.6) is 11.5 Å². The number of carbonyl (C=O) groups is 1. The van der Waals surface area contributed by atoms with Gasteiger partial charge in [0.15, 0.2) is 22.6 Å². The zero-order valence-corrected chi connectivity index (χ0v) is 13.8. The van der Waals surface area contributed by atoms with Crippen LogP contribution >= 0.6 is 0 Å². The molecular formula is C20H12N2O5. The average molecular weight is 360 g/mol. The van der Waals surface area contributed by atoms with E-state index in [1.165, 1.54) is 36.8 Å². The molecule has 0 aliphatic heterocycles. The Labute approximate surface area is 152 Å². The highest BCUT2D eigenvalue weighted by molar-refractivity contribution is 5.91. The number of phenols is 1. The number of fused-ring (bicyclic) bond motifs is 1. The van der Waals surface area contributed by atoms with Gasteiger partial charge in [-0.3, -0.25) is 9.78 Å². The Bertz CT molecular complexity index is 1200. The van der Waals surface area contributed by atoms with Gasteiger partial charge in [0, 0.05) is 30.2 Å². The van der Waals surface area contributed by atoms with E-state index in [-0.39, 0.29) is 33.8 Å². The molecule has 0 radical (unpaired) electrons. The van der Waals surface area contributed by atoms with Crippen molar-refractivity contribution in [1.29, 1.82) is 0 Å². The van der Waals surface area contributed by atoms with Gasteiger partial charge in [-0.2, -0.15) is 0 Å². The molecule has 0 saturated carbocycles. The maximum absolute atomic E-state index is 12.2. The smallest absolute Gasteiger partial charge is 0.345 e. The standard InChI is InChI=1S/C20H12N2O5/c23-14-9-12(18-10-15(24)19-17(26-18)4-2-8-22-19)5-6-16(14)27-20(25)13-3-1-7-21-11-13/h1-11,23H. The molecule has 1 aromatic carbocycles. The van der Waals surface area contributed by atoms with Crippen LogP contribution in [0.2, 0.25) is 0 Å². The highest BCUT2D eigenvalue weighted by Gasteiger charge is 2.14. The van der Waals surface area contributed by atoms with Crippen LogP contribution in [0.3, 0.4) is 0 Å². The lowest BCUT2D eigenvalue weighted by Crippen LogP contribution is -2.08. The quantitative estimate of drug-likeness (QED) is 0.442. The van der Waals surface area contributed by atoms with Gasteiger partial charge in [0.25, 0.3) is 0 Å². The van der Waals surface area contributed by atoms with Gasteiger partial charge >= 0.3 is 5.97 Å². The number of esters is 1. The van der Waals surface area contributed by atoms with Crippen molar-refractivity contribution >= 4 is 17.1 Å². The van der Waals surface area contributed by atoms with Crippen LogP contribution in [0.15, 0.2) is 76.3 Å². The van der Waals surface area contributed by atoms with Gasteiger partial charge in [0.05, 0.1) is 5.56 Å². The Morgan fingerprint density at radius 2 is 1.93 bits per heavy atom. The molecule has 4 rings (SSSR count). The second-order valence-electron chi connectivity index (χ2n) is 5.64. The number of pyridine rings is 2. The molecule has 0 aliphatic rings. The molecule has 0 spiro atoms. The minimum Gasteiger partial charge on any atom is -0.504 e. The van der Waals surface area contributed by atoms with Gasteiger partial charge in [-0.05, 0) is 42.5 Å². The van der Waals surface area contributed by atoms with E-state index in [4.69, 9.17) is 9.15 Å². The van der Waals surface area contributed by atoms with Crippen molar-refractivity contribution in [2.24, 2.45) is 0 Å². The molecule has 3 heterocycles. The first-order valence-electron chi connectivity index (χ1n) is 7.96. The van der Waals surface area contributed by atoms with Crippen LogP contribution in [-0.4, -0.2) is 21.0 Å². The van der Waals surface area contributed by atoms with Crippen molar-refractivity contribution in [3.05, 3.63) is 82.9 Å². The Hall–Kier alpha value is -4.00. The average Bonchev–Trinajstić information content (AvgIpc) is 2.70. The number of rotatable bonds is 3. The highest BCUT2D eigenvalue weighted by Crippen LogP contribution is 2.32. The lowest BCUT2D eigenvalue weighted by molar-refractivity contribution is 0.0729. The summed E-state index contributed by atoms with van der Waals surface area (Å²) < 4.78 is 10.9. The molecule has 1 N–H and O–H groups in total. The van der Waals surface area contributed by atoms with Gasteiger partial charge in [0.1, 0.15) is 5.76 Å². The van der Waals surface area contributed by atoms with Gasteiger partial charge < -0.3 is 14.3 Å².